The van der Waals surface area contributed by atoms with Gasteiger partial charge in [0.25, 0.3) is 5.91 Å². The van der Waals surface area contributed by atoms with Gasteiger partial charge in [0, 0.05) is 55.4 Å². The number of amides is 2. The molecule has 1 fully saturated rings. The fourth-order valence-electron chi connectivity index (χ4n) is 3.02. The van der Waals surface area contributed by atoms with E-state index in [4.69, 9.17) is 11.6 Å². The molecular formula is C20H22ClN3O2. The zero-order chi connectivity index (χ0) is 18.4. The van der Waals surface area contributed by atoms with Crippen LogP contribution in [0.15, 0.2) is 54.6 Å². The van der Waals surface area contributed by atoms with Gasteiger partial charge in [0.1, 0.15) is 0 Å². The molecule has 2 aromatic rings. The van der Waals surface area contributed by atoms with Gasteiger partial charge in [-0.15, -0.1) is 0 Å². The van der Waals surface area contributed by atoms with E-state index in [1.165, 1.54) is 0 Å². The number of piperazine rings is 1. The van der Waals surface area contributed by atoms with Gasteiger partial charge in [-0.05, 0) is 30.3 Å². The second-order valence-electron chi connectivity index (χ2n) is 6.22. The topological polar surface area (TPSA) is 52.7 Å². The molecule has 1 aliphatic heterocycles. The molecule has 0 aliphatic carbocycles. The van der Waals surface area contributed by atoms with Gasteiger partial charge in [-0.2, -0.15) is 0 Å². The first-order chi connectivity index (χ1) is 12.6. The smallest absolute Gasteiger partial charge is 0.251 e. The summed E-state index contributed by atoms with van der Waals surface area (Å²) in [5.74, 6) is -0.0757. The predicted octanol–water partition coefficient (Wildman–Crippen LogP) is 2.81. The number of benzene rings is 2. The zero-order valence-electron chi connectivity index (χ0n) is 14.5. The Morgan fingerprint density at radius 1 is 0.962 bits per heavy atom. The van der Waals surface area contributed by atoms with E-state index in [1.807, 2.05) is 47.4 Å². The van der Waals surface area contributed by atoms with Crippen LogP contribution in [0.3, 0.4) is 0 Å². The van der Waals surface area contributed by atoms with E-state index < -0.39 is 0 Å². The highest BCUT2D eigenvalue weighted by atomic mass is 35.5. The molecule has 0 atom stereocenters. The van der Waals surface area contributed by atoms with Gasteiger partial charge < -0.3 is 15.1 Å². The van der Waals surface area contributed by atoms with Crippen molar-refractivity contribution in [1.82, 2.24) is 10.2 Å². The number of anilines is 1. The summed E-state index contributed by atoms with van der Waals surface area (Å²) in [6.07, 6.45) is 0.315. The lowest BCUT2D eigenvalue weighted by Gasteiger charge is -2.36. The molecule has 136 valence electrons. The first kappa shape index (κ1) is 18.3. The van der Waals surface area contributed by atoms with E-state index in [9.17, 15) is 9.59 Å². The van der Waals surface area contributed by atoms with Crippen LogP contribution in [0.5, 0.6) is 0 Å². The molecule has 26 heavy (non-hydrogen) atoms. The average Bonchev–Trinajstić information content (AvgIpc) is 2.68. The summed E-state index contributed by atoms with van der Waals surface area (Å²) in [6, 6.07) is 16.8. The molecule has 0 aromatic heterocycles. The van der Waals surface area contributed by atoms with Gasteiger partial charge in [0.15, 0.2) is 0 Å². The number of halogens is 1. The number of nitrogens with zero attached hydrogens (tertiary/aromatic N) is 2. The van der Waals surface area contributed by atoms with Crippen molar-refractivity contribution in [2.24, 2.45) is 0 Å². The van der Waals surface area contributed by atoms with Crippen LogP contribution in [0, 0.1) is 0 Å². The van der Waals surface area contributed by atoms with Crippen molar-refractivity contribution in [3.63, 3.8) is 0 Å². The largest absolute Gasteiger partial charge is 0.368 e. The van der Waals surface area contributed by atoms with E-state index in [0.29, 0.717) is 31.6 Å². The van der Waals surface area contributed by atoms with Gasteiger partial charge in [0.05, 0.1) is 0 Å². The van der Waals surface area contributed by atoms with Crippen LogP contribution in [0.25, 0.3) is 0 Å². The van der Waals surface area contributed by atoms with E-state index in [1.54, 1.807) is 12.1 Å². The van der Waals surface area contributed by atoms with E-state index in [2.05, 4.69) is 10.2 Å². The normalized spacial score (nSPS) is 14.2. The van der Waals surface area contributed by atoms with Gasteiger partial charge in [0.2, 0.25) is 5.91 Å². The van der Waals surface area contributed by atoms with Gasteiger partial charge in [-0.3, -0.25) is 9.59 Å². The highest BCUT2D eigenvalue weighted by Crippen LogP contribution is 2.20. The molecular weight excluding hydrogens is 350 g/mol. The number of hydrogen-bond donors (Lipinski definition) is 1. The molecule has 3 rings (SSSR count). The lowest BCUT2D eigenvalue weighted by atomic mass is 10.2. The van der Waals surface area contributed by atoms with Crippen molar-refractivity contribution in [2.45, 2.75) is 6.42 Å². The van der Waals surface area contributed by atoms with Crippen molar-refractivity contribution < 1.29 is 9.59 Å². The Morgan fingerprint density at radius 2 is 1.69 bits per heavy atom. The summed E-state index contributed by atoms with van der Waals surface area (Å²) >= 11 is 6.04. The highest BCUT2D eigenvalue weighted by Gasteiger charge is 2.21. The monoisotopic (exact) mass is 371 g/mol. The maximum atomic E-state index is 12.3. The lowest BCUT2D eigenvalue weighted by molar-refractivity contribution is -0.131. The SMILES string of the molecule is O=C(NCCC(=O)N1CCN(c2cccc(Cl)c2)CC1)c1ccccc1. The molecule has 0 bridgehead atoms. The van der Waals surface area contributed by atoms with Crippen LogP contribution in [-0.4, -0.2) is 49.4 Å². The van der Waals surface area contributed by atoms with E-state index in [0.717, 1.165) is 23.8 Å². The van der Waals surface area contributed by atoms with Gasteiger partial charge in [-0.25, -0.2) is 0 Å². The highest BCUT2D eigenvalue weighted by molar-refractivity contribution is 6.30. The second kappa shape index (κ2) is 8.72. The Bertz CT molecular complexity index is 759. The Hall–Kier alpha value is -2.53. The van der Waals surface area contributed by atoms with Crippen LogP contribution in [0.2, 0.25) is 5.02 Å². The Labute approximate surface area is 158 Å². The molecule has 1 aliphatic rings. The number of rotatable bonds is 5. The van der Waals surface area contributed by atoms with Crippen LogP contribution in [-0.2, 0) is 4.79 Å². The molecule has 6 heteroatoms. The van der Waals surface area contributed by atoms with Gasteiger partial charge >= 0.3 is 0 Å². The van der Waals surface area contributed by atoms with Crippen molar-refractivity contribution in [3.05, 3.63) is 65.2 Å². The minimum atomic E-state index is -0.149. The van der Waals surface area contributed by atoms with Gasteiger partial charge in [-0.1, -0.05) is 35.9 Å². The Kier molecular flexibility index (Phi) is 6.12. The molecule has 5 nitrogen and oxygen atoms in total. The molecule has 0 spiro atoms. The maximum absolute atomic E-state index is 12.3. The van der Waals surface area contributed by atoms with Crippen LogP contribution >= 0.6 is 11.6 Å². The minimum absolute atomic E-state index is 0.0732. The summed E-state index contributed by atoms with van der Waals surface area (Å²) in [5, 5.41) is 3.52. The molecule has 1 saturated heterocycles. The fourth-order valence-corrected chi connectivity index (χ4v) is 3.20. The molecule has 0 radical (unpaired) electrons. The van der Waals surface area contributed by atoms with Crippen molar-refractivity contribution >= 4 is 29.1 Å². The summed E-state index contributed by atoms with van der Waals surface area (Å²) in [6.45, 7) is 3.27. The van der Waals surface area contributed by atoms with Crippen LogP contribution < -0.4 is 10.2 Å². The van der Waals surface area contributed by atoms with Crippen LogP contribution in [0.4, 0.5) is 5.69 Å². The number of carbonyl (C=O) groups excluding carboxylic acids is 2. The fraction of sp³-hybridized carbons (Fsp3) is 0.300. The Balaban J connectivity index is 1.42. The zero-order valence-corrected chi connectivity index (χ0v) is 15.3. The minimum Gasteiger partial charge on any atom is -0.368 e. The summed E-state index contributed by atoms with van der Waals surface area (Å²) in [5.41, 5.74) is 1.69. The predicted molar refractivity (Wildman–Crippen MR) is 104 cm³/mol. The lowest BCUT2D eigenvalue weighted by Crippen LogP contribution is -2.49. The summed E-state index contributed by atoms with van der Waals surface area (Å²) in [4.78, 5) is 28.4. The molecule has 0 unspecified atom stereocenters. The summed E-state index contributed by atoms with van der Waals surface area (Å²) < 4.78 is 0. The maximum Gasteiger partial charge on any atom is 0.251 e. The Morgan fingerprint density at radius 3 is 2.38 bits per heavy atom. The summed E-state index contributed by atoms with van der Waals surface area (Å²) in [7, 11) is 0. The van der Waals surface area contributed by atoms with Crippen molar-refractivity contribution in [2.75, 3.05) is 37.6 Å². The third kappa shape index (κ3) is 4.76. The number of hydrogen-bond acceptors (Lipinski definition) is 3. The number of carbonyl (C=O) groups is 2. The standard InChI is InChI=1S/C20H22ClN3O2/c21-17-7-4-8-18(15-17)23-11-13-24(14-12-23)19(25)9-10-22-20(26)16-5-2-1-3-6-16/h1-8,15H,9-14H2,(H,22,26). The average molecular weight is 372 g/mol. The molecule has 2 amide bonds. The molecule has 2 aromatic carbocycles. The second-order valence-corrected chi connectivity index (χ2v) is 6.66. The van der Waals surface area contributed by atoms with E-state index >= 15 is 0 Å². The van der Waals surface area contributed by atoms with Crippen LogP contribution in [0.1, 0.15) is 16.8 Å². The molecule has 0 saturated carbocycles. The quantitative estimate of drug-likeness (QED) is 0.879. The third-order valence-corrected chi connectivity index (χ3v) is 4.70. The molecule has 1 heterocycles. The van der Waals surface area contributed by atoms with E-state index in [-0.39, 0.29) is 11.8 Å². The first-order valence-electron chi connectivity index (χ1n) is 8.75. The molecule has 1 N–H and O–H groups in total. The third-order valence-electron chi connectivity index (χ3n) is 4.47. The first-order valence-corrected chi connectivity index (χ1v) is 9.13. The number of nitrogens with one attached hydrogen (secondary N) is 1. The van der Waals surface area contributed by atoms with Crippen molar-refractivity contribution in [3.8, 4) is 0 Å². The van der Waals surface area contributed by atoms with Crippen molar-refractivity contribution in [1.29, 1.82) is 0 Å².